The quantitative estimate of drug-likeness (QED) is 0.724. The molecule has 0 radical (unpaired) electrons. The maximum absolute atomic E-state index is 12.4. The molecule has 1 aromatic heterocycles. The molecule has 0 bridgehead atoms. The Kier molecular flexibility index (Phi) is 4.73. The minimum atomic E-state index is -0.651. The Morgan fingerprint density at radius 3 is 2.88 bits per heavy atom. The molecule has 3 heterocycles. The highest BCUT2D eigenvalue weighted by Crippen LogP contribution is 2.24. The molecule has 1 fully saturated rings. The van der Waals surface area contributed by atoms with Crippen LogP contribution >= 0.6 is 0 Å². The first-order valence-electron chi connectivity index (χ1n) is 8.11. The number of carbonyl (C=O) groups is 3. The Labute approximate surface area is 145 Å². The zero-order valence-electron chi connectivity index (χ0n) is 14.2. The zero-order chi connectivity index (χ0) is 18.0. The maximum atomic E-state index is 12.4. The van der Waals surface area contributed by atoms with Gasteiger partial charge in [0.25, 0.3) is 5.91 Å². The summed E-state index contributed by atoms with van der Waals surface area (Å²) in [5.74, 6) is 0.338. The molecule has 2 aliphatic heterocycles. The second-order valence-corrected chi connectivity index (χ2v) is 6.12. The fourth-order valence-electron chi connectivity index (χ4n) is 3.01. The van der Waals surface area contributed by atoms with Crippen LogP contribution < -0.4 is 5.32 Å². The fraction of sp³-hybridized carbons (Fsp3) is 0.500. The van der Waals surface area contributed by atoms with Gasteiger partial charge in [0, 0.05) is 27.1 Å². The Bertz CT molecular complexity index is 687. The van der Waals surface area contributed by atoms with Crippen LogP contribution in [0.4, 0.5) is 4.79 Å². The third kappa shape index (κ3) is 3.35. The summed E-state index contributed by atoms with van der Waals surface area (Å²) in [7, 11) is 3.03. The van der Waals surface area contributed by atoms with E-state index in [1.165, 1.54) is 18.3 Å². The van der Waals surface area contributed by atoms with Gasteiger partial charge in [-0.3, -0.25) is 14.5 Å². The summed E-state index contributed by atoms with van der Waals surface area (Å²) in [4.78, 5) is 44.7. The van der Waals surface area contributed by atoms with Crippen LogP contribution in [-0.2, 0) is 16.0 Å². The van der Waals surface area contributed by atoms with Crippen molar-refractivity contribution in [3.63, 3.8) is 0 Å². The molecule has 134 valence electrons. The summed E-state index contributed by atoms with van der Waals surface area (Å²) in [5.41, 5.74) is 0. The highest BCUT2D eigenvalue weighted by Gasteiger charge is 2.48. The Morgan fingerprint density at radius 2 is 2.16 bits per heavy atom. The average molecular weight is 347 g/mol. The lowest BCUT2D eigenvalue weighted by atomic mass is 10.1. The number of hydrogen-bond acceptors (Lipinski definition) is 6. The van der Waals surface area contributed by atoms with Crippen LogP contribution in [0.2, 0.25) is 0 Å². The van der Waals surface area contributed by atoms with E-state index in [9.17, 15) is 14.4 Å². The maximum Gasteiger partial charge on any atom is 0.328 e. The van der Waals surface area contributed by atoms with Gasteiger partial charge in [0.1, 0.15) is 5.76 Å². The molecule has 3 rings (SSSR count). The largest absolute Gasteiger partial charge is 0.469 e. The lowest BCUT2D eigenvalue weighted by Gasteiger charge is -2.39. The van der Waals surface area contributed by atoms with E-state index in [-0.39, 0.29) is 18.4 Å². The first kappa shape index (κ1) is 17.0. The third-order valence-electron chi connectivity index (χ3n) is 4.40. The third-order valence-corrected chi connectivity index (χ3v) is 4.40. The van der Waals surface area contributed by atoms with Crippen molar-refractivity contribution in [2.75, 3.05) is 27.2 Å². The van der Waals surface area contributed by atoms with Crippen LogP contribution in [-0.4, -0.2) is 78.3 Å². The molecular weight excluding hydrogens is 326 g/mol. The van der Waals surface area contributed by atoms with Crippen molar-refractivity contribution in [1.82, 2.24) is 20.0 Å². The predicted molar refractivity (Wildman–Crippen MR) is 88.7 cm³/mol. The number of nitrogens with one attached hydrogen (secondary N) is 1. The topological polar surface area (TPSA) is 98.5 Å². The van der Waals surface area contributed by atoms with E-state index in [1.807, 2.05) is 12.1 Å². The molecule has 2 aliphatic rings. The first-order valence-corrected chi connectivity index (χ1v) is 8.11. The van der Waals surface area contributed by atoms with Crippen LogP contribution in [0.1, 0.15) is 12.2 Å². The molecule has 9 nitrogen and oxygen atoms in total. The van der Waals surface area contributed by atoms with Crippen molar-refractivity contribution in [2.24, 2.45) is 4.99 Å². The standard InChI is InChI=1S/C16H21N5O4/c1-19-14-13(15(23)20(2)16(19)24)21(10-18-14)9-12(22)17-7-3-5-11-6-4-8-25-11/h4,6,8,10,13-14H,3,5,7,9H2,1-2H3,(H,17,22). The van der Waals surface area contributed by atoms with Gasteiger partial charge in [-0.2, -0.15) is 0 Å². The van der Waals surface area contributed by atoms with Crippen LogP contribution in [0, 0.1) is 0 Å². The van der Waals surface area contributed by atoms with E-state index >= 15 is 0 Å². The number of amides is 4. The SMILES string of the molecule is CN1C(=O)C2C(N=CN2CC(=O)NCCCc2ccco2)N(C)C1=O. The lowest BCUT2D eigenvalue weighted by Crippen LogP contribution is -2.64. The van der Waals surface area contributed by atoms with Gasteiger partial charge in [0.15, 0.2) is 12.2 Å². The fourth-order valence-corrected chi connectivity index (χ4v) is 3.01. The predicted octanol–water partition coefficient (Wildman–Crippen LogP) is -0.109. The van der Waals surface area contributed by atoms with E-state index in [2.05, 4.69) is 10.3 Å². The molecule has 0 aliphatic carbocycles. The molecule has 0 spiro atoms. The number of imide groups is 1. The van der Waals surface area contributed by atoms with E-state index in [0.29, 0.717) is 6.54 Å². The second-order valence-electron chi connectivity index (χ2n) is 6.12. The molecule has 1 aromatic rings. The van der Waals surface area contributed by atoms with Gasteiger partial charge >= 0.3 is 6.03 Å². The van der Waals surface area contributed by atoms with Gasteiger partial charge in [-0.05, 0) is 18.6 Å². The first-order chi connectivity index (χ1) is 12.0. The number of likely N-dealkylation sites (N-methyl/N-ethyl adjacent to an activating group) is 2. The summed E-state index contributed by atoms with van der Waals surface area (Å²) in [6, 6.07) is 2.68. The minimum absolute atomic E-state index is 0.0209. The van der Waals surface area contributed by atoms with E-state index in [1.54, 1.807) is 18.2 Å². The molecule has 1 N–H and O–H groups in total. The monoisotopic (exact) mass is 347 g/mol. The summed E-state index contributed by atoms with van der Waals surface area (Å²) >= 11 is 0. The highest BCUT2D eigenvalue weighted by molar-refractivity contribution is 6.02. The van der Waals surface area contributed by atoms with Crippen LogP contribution in [0.3, 0.4) is 0 Å². The van der Waals surface area contributed by atoms with Gasteiger partial charge in [-0.25, -0.2) is 9.79 Å². The van der Waals surface area contributed by atoms with Crippen LogP contribution in [0.25, 0.3) is 0 Å². The van der Waals surface area contributed by atoms with Crippen molar-refractivity contribution in [3.8, 4) is 0 Å². The van der Waals surface area contributed by atoms with Gasteiger partial charge in [0.05, 0.1) is 19.1 Å². The van der Waals surface area contributed by atoms with E-state index in [0.717, 1.165) is 23.5 Å². The van der Waals surface area contributed by atoms with E-state index in [4.69, 9.17) is 4.42 Å². The summed E-state index contributed by atoms with van der Waals surface area (Å²) in [6.07, 6.45) is 4.02. The van der Waals surface area contributed by atoms with Crippen LogP contribution in [0.5, 0.6) is 0 Å². The number of fused-ring (bicyclic) bond motifs is 1. The molecule has 2 atom stereocenters. The molecule has 0 aromatic carbocycles. The number of rotatable bonds is 6. The molecular formula is C16H21N5O4. The van der Waals surface area contributed by atoms with Crippen LogP contribution in [0.15, 0.2) is 27.8 Å². The van der Waals surface area contributed by atoms with Crippen molar-refractivity contribution in [3.05, 3.63) is 24.2 Å². The van der Waals surface area contributed by atoms with E-state index < -0.39 is 18.2 Å². The Morgan fingerprint density at radius 1 is 1.36 bits per heavy atom. The molecule has 2 unspecified atom stereocenters. The summed E-state index contributed by atoms with van der Waals surface area (Å²) in [5, 5.41) is 2.82. The molecule has 0 saturated carbocycles. The number of aryl methyl sites for hydroxylation is 1. The second kappa shape index (κ2) is 6.96. The van der Waals surface area contributed by atoms with Gasteiger partial charge in [-0.1, -0.05) is 0 Å². The number of furan rings is 1. The van der Waals surface area contributed by atoms with Gasteiger partial charge < -0.3 is 19.5 Å². The normalized spacial score (nSPS) is 22.6. The summed E-state index contributed by atoms with van der Waals surface area (Å²) in [6.45, 7) is 0.540. The Hall–Kier alpha value is -2.84. The lowest BCUT2D eigenvalue weighted by molar-refractivity contribution is -0.136. The number of nitrogens with zero attached hydrogens (tertiary/aromatic N) is 4. The van der Waals surface area contributed by atoms with Crippen molar-refractivity contribution in [1.29, 1.82) is 0 Å². The molecule has 1 saturated heterocycles. The summed E-state index contributed by atoms with van der Waals surface area (Å²) < 4.78 is 5.24. The minimum Gasteiger partial charge on any atom is -0.469 e. The molecule has 25 heavy (non-hydrogen) atoms. The number of urea groups is 1. The van der Waals surface area contributed by atoms with Crippen molar-refractivity contribution < 1.29 is 18.8 Å². The number of carbonyl (C=O) groups excluding carboxylic acids is 3. The van der Waals surface area contributed by atoms with Gasteiger partial charge in [0.2, 0.25) is 5.91 Å². The van der Waals surface area contributed by atoms with Crippen molar-refractivity contribution in [2.45, 2.75) is 25.0 Å². The molecule has 9 heteroatoms. The Balaban J connectivity index is 1.49. The number of hydrogen-bond donors (Lipinski definition) is 1. The number of aliphatic imine (C=N–C) groups is 1. The average Bonchev–Trinajstić information content (AvgIpc) is 3.25. The zero-order valence-corrected chi connectivity index (χ0v) is 14.2. The molecule has 4 amide bonds. The van der Waals surface area contributed by atoms with Crippen molar-refractivity contribution >= 4 is 24.2 Å². The van der Waals surface area contributed by atoms with Gasteiger partial charge in [-0.15, -0.1) is 0 Å². The highest BCUT2D eigenvalue weighted by atomic mass is 16.3. The smallest absolute Gasteiger partial charge is 0.328 e.